The molecule has 1 amide bonds. The first-order valence-corrected chi connectivity index (χ1v) is 8.55. The standard InChI is InChI=1S/C20H24FN3O2/c1-4-5-6-7-11-26-17-10-8-9-16(18(17)21)24-20(25)15-12-13(2)14(3)23-19(15)22/h5-6,8-10,12H,4,7,11H2,1-3H3,(H2,22,23)(H,24,25). The predicted octanol–water partition coefficient (Wildman–Crippen LogP) is 4.41. The zero-order chi connectivity index (χ0) is 19.1. The van der Waals surface area contributed by atoms with E-state index in [9.17, 15) is 9.18 Å². The van der Waals surface area contributed by atoms with E-state index in [1.165, 1.54) is 12.1 Å². The van der Waals surface area contributed by atoms with Crippen LogP contribution in [0.15, 0.2) is 36.4 Å². The molecule has 1 aromatic heterocycles. The summed E-state index contributed by atoms with van der Waals surface area (Å²) in [5.74, 6) is -0.921. The molecule has 0 aliphatic carbocycles. The van der Waals surface area contributed by atoms with Crippen molar-refractivity contribution in [3.63, 3.8) is 0 Å². The third kappa shape index (κ3) is 4.81. The van der Waals surface area contributed by atoms with Crippen molar-refractivity contribution in [3.05, 3.63) is 59.1 Å². The average Bonchev–Trinajstić information content (AvgIpc) is 2.60. The van der Waals surface area contributed by atoms with Gasteiger partial charge in [0.05, 0.1) is 17.9 Å². The molecular formula is C20H24FN3O2. The van der Waals surface area contributed by atoms with E-state index in [2.05, 4.69) is 10.3 Å². The molecule has 0 fully saturated rings. The second kappa shape index (κ2) is 8.99. The van der Waals surface area contributed by atoms with Crippen LogP contribution >= 0.6 is 0 Å². The molecule has 0 saturated carbocycles. The van der Waals surface area contributed by atoms with E-state index >= 15 is 0 Å². The minimum Gasteiger partial charge on any atom is -0.490 e. The first-order chi connectivity index (χ1) is 12.4. The Morgan fingerprint density at radius 1 is 1.35 bits per heavy atom. The first-order valence-electron chi connectivity index (χ1n) is 8.55. The molecule has 0 aliphatic heterocycles. The Labute approximate surface area is 153 Å². The van der Waals surface area contributed by atoms with Crippen LogP contribution in [-0.4, -0.2) is 17.5 Å². The van der Waals surface area contributed by atoms with E-state index < -0.39 is 11.7 Å². The maximum atomic E-state index is 14.6. The van der Waals surface area contributed by atoms with Crippen LogP contribution in [0.1, 0.15) is 41.4 Å². The molecule has 3 N–H and O–H groups in total. The van der Waals surface area contributed by atoms with Crippen molar-refractivity contribution in [3.8, 4) is 5.75 Å². The van der Waals surface area contributed by atoms with Crippen molar-refractivity contribution >= 4 is 17.4 Å². The normalized spacial score (nSPS) is 10.9. The predicted molar refractivity (Wildman–Crippen MR) is 102 cm³/mol. The summed E-state index contributed by atoms with van der Waals surface area (Å²) >= 11 is 0. The molecule has 138 valence electrons. The number of benzene rings is 1. The fourth-order valence-corrected chi connectivity index (χ4v) is 2.34. The molecule has 1 aromatic carbocycles. The number of anilines is 2. The molecule has 2 rings (SSSR count). The maximum absolute atomic E-state index is 14.6. The fourth-order valence-electron chi connectivity index (χ4n) is 2.34. The van der Waals surface area contributed by atoms with E-state index in [1.54, 1.807) is 12.1 Å². The molecule has 2 aromatic rings. The number of allylic oxidation sites excluding steroid dienone is 1. The summed E-state index contributed by atoms with van der Waals surface area (Å²) < 4.78 is 20.0. The number of rotatable bonds is 7. The van der Waals surface area contributed by atoms with Crippen molar-refractivity contribution in [1.82, 2.24) is 4.98 Å². The van der Waals surface area contributed by atoms with Crippen LogP contribution in [0.4, 0.5) is 15.9 Å². The molecule has 0 radical (unpaired) electrons. The van der Waals surface area contributed by atoms with Crippen LogP contribution in [0.25, 0.3) is 0 Å². The van der Waals surface area contributed by atoms with E-state index in [-0.39, 0.29) is 22.8 Å². The van der Waals surface area contributed by atoms with Crippen molar-refractivity contribution < 1.29 is 13.9 Å². The van der Waals surface area contributed by atoms with Crippen molar-refractivity contribution in [2.24, 2.45) is 0 Å². The minimum atomic E-state index is -0.615. The third-order valence-electron chi connectivity index (χ3n) is 3.90. The third-order valence-corrected chi connectivity index (χ3v) is 3.90. The number of carbonyl (C=O) groups excluding carboxylic acids is 1. The van der Waals surface area contributed by atoms with Gasteiger partial charge in [0.1, 0.15) is 5.82 Å². The van der Waals surface area contributed by atoms with E-state index in [0.717, 1.165) is 17.7 Å². The van der Waals surface area contributed by atoms with Crippen molar-refractivity contribution in [1.29, 1.82) is 0 Å². The number of nitrogens with two attached hydrogens (primary N) is 1. The summed E-state index contributed by atoms with van der Waals surface area (Å²) in [4.78, 5) is 16.6. The number of hydrogen-bond donors (Lipinski definition) is 2. The lowest BCUT2D eigenvalue weighted by molar-refractivity contribution is 0.102. The summed E-state index contributed by atoms with van der Waals surface area (Å²) in [6.45, 7) is 6.05. The molecule has 6 heteroatoms. The summed E-state index contributed by atoms with van der Waals surface area (Å²) in [6, 6.07) is 6.27. The second-order valence-corrected chi connectivity index (χ2v) is 5.91. The second-order valence-electron chi connectivity index (χ2n) is 5.91. The molecule has 26 heavy (non-hydrogen) atoms. The number of nitrogen functional groups attached to an aromatic ring is 1. The lowest BCUT2D eigenvalue weighted by Crippen LogP contribution is -2.17. The number of nitrogens with one attached hydrogen (secondary N) is 1. The fraction of sp³-hybridized carbons (Fsp3) is 0.300. The Kier molecular flexibility index (Phi) is 6.72. The summed E-state index contributed by atoms with van der Waals surface area (Å²) in [5.41, 5.74) is 7.65. The lowest BCUT2D eigenvalue weighted by atomic mass is 10.1. The molecule has 0 atom stereocenters. The summed E-state index contributed by atoms with van der Waals surface area (Å²) in [6.07, 6.45) is 5.65. The molecule has 5 nitrogen and oxygen atoms in total. The van der Waals surface area contributed by atoms with Gasteiger partial charge in [0, 0.05) is 5.69 Å². The zero-order valence-corrected chi connectivity index (χ0v) is 15.3. The van der Waals surface area contributed by atoms with Gasteiger partial charge in [-0.05, 0) is 50.5 Å². The number of halogens is 1. The number of hydrogen-bond acceptors (Lipinski definition) is 4. The molecule has 0 aliphatic rings. The van der Waals surface area contributed by atoms with Crippen LogP contribution in [0, 0.1) is 19.7 Å². The minimum absolute atomic E-state index is 0.0363. The Morgan fingerprint density at radius 3 is 2.85 bits per heavy atom. The monoisotopic (exact) mass is 357 g/mol. The van der Waals surface area contributed by atoms with Gasteiger partial charge in [-0.25, -0.2) is 9.37 Å². The van der Waals surface area contributed by atoms with Crippen LogP contribution < -0.4 is 15.8 Å². The van der Waals surface area contributed by atoms with Crippen LogP contribution in [0.5, 0.6) is 5.75 Å². The van der Waals surface area contributed by atoms with Gasteiger partial charge in [-0.15, -0.1) is 0 Å². The van der Waals surface area contributed by atoms with Gasteiger partial charge in [0.25, 0.3) is 5.91 Å². The Bertz CT molecular complexity index is 819. The molecule has 0 unspecified atom stereocenters. The highest BCUT2D eigenvalue weighted by molar-refractivity contribution is 6.07. The highest BCUT2D eigenvalue weighted by Gasteiger charge is 2.16. The Morgan fingerprint density at radius 2 is 2.12 bits per heavy atom. The lowest BCUT2D eigenvalue weighted by Gasteiger charge is -2.12. The highest BCUT2D eigenvalue weighted by atomic mass is 19.1. The van der Waals surface area contributed by atoms with E-state index in [0.29, 0.717) is 13.0 Å². The van der Waals surface area contributed by atoms with E-state index in [1.807, 2.05) is 32.9 Å². The number of aromatic nitrogens is 1. The number of nitrogens with zero attached hydrogens (tertiary/aromatic N) is 1. The summed E-state index contributed by atoms with van der Waals surface area (Å²) in [5, 5.41) is 2.54. The smallest absolute Gasteiger partial charge is 0.259 e. The highest BCUT2D eigenvalue weighted by Crippen LogP contribution is 2.25. The van der Waals surface area contributed by atoms with Crippen LogP contribution in [-0.2, 0) is 0 Å². The van der Waals surface area contributed by atoms with Crippen molar-refractivity contribution in [2.75, 3.05) is 17.7 Å². The van der Waals surface area contributed by atoms with Gasteiger partial charge in [-0.2, -0.15) is 0 Å². The molecule has 0 saturated heterocycles. The van der Waals surface area contributed by atoms with Crippen molar-refractivity contribution in [2.45, 2.75) is 33.6 Å². The largest absolute Gasteiger partial charge is 0.490 e. The van der Waals surface area contributed by atoms with Gasteiger partial charge in [-0.3, -0.25) is 4.79 Å². The van der Waals surface area contributed by atoms with Crippen LogP contribution in [0.3, 0.4) is 0 Å². The average molecular weight is 357 g/mol. The van der Waals surface area contributed by atoms with Gasteiger partial charge >= 0.3 is 0 Å². The number of ether oxygens (including phenoxy) is 1. The molecular weight excluding hydrogens is 333 g/mol. The quantitative estimate of drug-likeness (QED) is 0.568. The molecule has 0 spiro atoms. The maximum Gasteiger partial charge on any atom is 0.259 e. The van der Waals surface area contributed by atoms with Crippen LogP contribution in [0.2, 0.25) is 0 Å². The summed E-state index contributed by atoms with van der Waals surface area (Å²) in [7, 11) is 0. The first kappa shape index (κ1) is 19.4. The van der Waals surface area contributed by atoms with Gasteiger partial charge < -0.3 is 15.8 Å². The van der Waals surface area contributed by atoms with Gasteiger partial charge in [-0.1, -0.05) is 25.1 Å². The Balaban J connectivity index is 2.12. The number of amides is 1. The number of pyridine rings is 1. The number of carbonyl (C=O) groups is 1. The van der Waals surface area contributed by atoms with Gasteiger partial charge in [0.2, 0.25) is 0 Å². The SMILES string of the molecule is CCC=CCCOc1cccc(NC(=O)c2cc(C)c(C)nc2N)c1F. The topological polar surface area (TPSA) is 77.2 Å². The Hall–Kier alpha value is -2.89. The molecule has 0 bridgehead atoms. The van der Waals surface area contributed by atoms with Gasteiger partial charge in [0.15, 0.2) is 11.6 Å². The molecule has 1 heterocycles. The number of aryl methyl sites for hydroxylation is 2. The van der Waals surface area contributed by atoms with E-state index in [4.69, 9.17) is 10.5 Å². The zero-order valence-electron chi connectivity index (χ0n) is 15.3.